The van der Waals surface area contributed by atoms with Gasteiger partial charge in [-0.15, -0.1) is 0 Å². The quantitative estimate of drug-likeness (QED) is 0.301. The van der Waals surface area contributed by atoms with Gasteiger partial charge in [-0.3, -0.25) is 4.57 Å². The first-order valence-corrected chi connectivity index (χ1v) is 12.2. The molecule has 5 nitrogen and oxygen atoms in total. The third-order valence-corrected chi connectivity index (χ3v) is 6.96. The van der Waals surface area contributed by atoms with Gasteiger partial charge in [-0.25, -0.2) is 9.97 Å². The molecule has 0 saturated carbocycles. The molecular weight excluding hydrogens is 432 g/mol. The standard InChI is InChI=1S/C30H28N4O/c1-33-17-5-8-27(33)20-35-30-16-12-25(19-31-30)24-11-15-28-29(18-24)34(21-32-28)26-13-9-23(10-14-26)22-6-3-2-4-7-22/h2-4,6-7,9-16,18-19,21,27H,5,8,17,20H2,1H3. The van der Waals surface area contributed by atoms with Gasteiger partial charge in [0.05, 0.1) is 11.0 Å². The van der Waals surface area contributed by atoms with Crippen LogP contribution in [0.1, 0.15) is 12.8 Å². The molecule has 1 unspecified atom stereocenters. The van der Waals surface area contributed by atoms with E-state index in [0.717, 1.165) is 34.4 Å². The van der Waals surface area contributed by atoms with Crippen LogP contribution < -0.4 is 4.74 Å². The van der Waals surface area contributed by atoms with Crippen molar-refractivity contribution in [2.75, 3.05) is 20.2 Å². The second kappa shape index (κ2) is 9.35. The zero-order valence-electron chi connectivity index (χ0n) is 19.8. The molecule has 0 aliphatic carbocycles. The highest BCUT2D eigenvalue weighted by Crippen LogP contribution is 2.28. The van der Waals surface area contributed by atoms with Crippen molar-refractivity contribution in [3.8, 4) is 33.8 Å². The summed E-state index contributed by atoms with van der Waals surface area (Å²) in [6, 6.07) is 29.9. The molecule has 0 N–H and O–H groups in total. The Kier molecular flexibility index (Phi) is 5.76. The van der Waals surface area contributed by atoms with Crippen LogP contribution in [0.4, 0.5) is 0 Å². The summed E-state index contributed by atoms with van der Waals surface area (Å²) in [4.78, 5) is 11.5. The molecule has 0 bridgehead atoms. The monoisotopic (exact) mass is 460 g/mol. The molecule has 1 fully saturated rings. The molecule has 0 amide bonds. The SMILES string of the molecule is CN1CCCC1COc1ccc(-c2ccc3ncn(-c4ccc(-c5ccccc5)cc4)c3c2)cn1. The topological polar surface area (TPSA) is 43.2 Å². The number of aromatic nitrogens is 3. The number of benzene rings is 3. The Morgan fingerprint density at radius 3 is 2.34 bits per heavy atom. The Bertz CT molecular complexity index is 1430. The number of hydrogen-bond acceptors (Lipinski definition) is 4. The van der Waals surface area contributed by atoms with Crippen LogP contribution in [0.15, 0.2) is 97.5 Å². The third-order valence-electron chi connectivity index (χ3n) is 6.96. The number of likely N-dealkylation sites (N-methyl/N-ethyl adjacent to an activating group) is 1. The van der Waals surface area contributed by atoms with Crippen LogP contribution in [-0.4, -0.2) is 45.7 Å². The number of nitrogens with zero attached hydrogens (tertiary/aromatic N) is 4. The fraction of sp³-hybridized carbons (Fsp3) is 0.200. The number of rotatable bonds is 6. The zero-order valence-corrected chi connectivity index (χ0v) is 19.8. The second-order valence-electron chi connectivity index (χ2n) is 9.20. The van der Waals surface area contributed by atoms with Crippen molar-refractivity contribution in [3.63, 3.8) is 0 Å². The molecule has 0 radical (unpaired) electrons. The van der Waals surface area contributed by atoms with E-state index in [2.05, 4.69) is 99.3 Å². The van der Waals surface area contributed by atoms with Crippen LogP contribution in [0.25, 0.3) is 39.0 Å². The molecule has 1 atom stereocenters. The Morgan fingerprint density at radius 1 is 0.829 bits per heavy atom. The Balaban J connectivity index is 1.23. The van der Waals surface area contributed by atoms with E-state index < -0.39 is 0 Å². The largest absolute Gasteiger partial charge is 0.476 e. The molecule has 3 aromatic carbocycles. The van der Waals surface area contributed by atoms with E-state index in [1.165, 1.54) is 24.0 Å². The molecular formula is C30H28N4O. The van der Waals surface area contributed by atoms with Gasteiger partial charge < -0.3 is 9.64 Å². The van der Waals surface area contributed by atoms with E-state index in [1.807, 2.05) is 24.7 Å². The van der Waals surface area contributed by atoms with Crippen molar-refractivity contribution in [2.45, 2.75) is 18.9 Å². The first-order chi connectivity index (χ1) is 17.2. The molecule has 1 saturated heterocycles. The van der Waals surface area contributed by atoms with Crippen LogP contribution >= 0.6 is 0 Å². The van der Waals surface area contributed by atoms with Gasteiger partial charge in [-0.2, -0.15) is 0 Å². The Labute approximate surface area is 205 Å². The summed E-state index contributed by atoms with van der Waals surface area (Å²) in [6.45, 7) is 1.84. The van der Waals surface area contributed by atoms with Crippen LogP contribution in [0.2, 0.25) is 0 Å². The predicted molar refractivity (Wildman–Crippen MR) is 141 cm³/mol. The van der Waals surface area contributed by atoms with Crippen LogP contribution in [-0.2, 0) is 0 Å². The molecule has 174 valence electrons. The molecule has 1 aliphatic rings. The second-order valence-corrected chi connectivity index (χ2v) is 9.20. The molecule has 5 heteroatoms. The first kappa shape index (κ1) is 21.6. The lowest BCUT2D eigenvalue weighted by molar-refractivity contribution is 0.193. The normalized spacial score (nSPS) is 16.1. The molecule has 5 aromatic rings. The summed E-state index contributed by atoms with van der Waals surface area (Å²) in [5, 5.41) is 0. The maximum Gasteiger partial charge on any atom is 0.213 e. The number of pyridine rings is 1. The molecule has 0 spiro atoms. The number of ether oxygens (including phenoxy) is 1. The molecule has 6 rings (SSSR count). The zero-order chi connectivity index (χ0) is 23.6. The first-order valence-electron chi connectivity index (χ1n) is 12.2. The van der Waals surface area contributed by atoms with E-state index in [1.54, 1.807) is 0 Å². The van der Waals surface area contributed by atoms with E-state index in [0.29, 0.717) is 18.5 Å². The fourth-order valence-electron chi connectivity index (χ4n) is 4.85. The number of imidazole rings is 1. The lowest BCUT2D eigenvalue weighted by atomic mass is 10.1. The summed E-state index contributed by atoms with van der Waals surface area (Å²) >= 11 is 0. The third kappa shape index (κ3) is 4.43. The maximum absolute atomic E-state index is 5.96. The summed E-state index contributed by atoms with van der Waals surface area (Å²) in [5.41, 5.74) is 7.70. The van der Waals surface area contributed by atoms with Gasteiger partial charge in [0, 0.05) is 29.6 Å². The van der Waals surface area contributed by atoms with Crippen molar-refractivity contribution < 1.29 is 4.74 Å². The Morgan fingerprint density at radius 2 is 1.60 bits per heavy atom. The lowest BCUT2D eigenvalue weighted by Gasteiger charge is -2.19. The summed E-state index contributed by atoms with van der Waals surface area (Å²) in [5.74, 6) is 0.679. The van der Waals surface area contributed by atoms with Gasteiger partial charge in [-0.05, 0) is 73.5 Å². The van der Waals surface area contributed by atoms with E-state index in [4.69, 9.17) is 4.74 Å². The molecule has 35 heavy (non-hydrogen) atoms. The minimum atomic E-state index is 0.487. The van der Waals surface area contributed by atoms with E-state index >= 15 is 0 Å². The van der Waals surface area contributed by atoms with Gasteiger partial charge in [0.1, 0.15) is 12.9 Å². The lowest BCUT2D eigenvalue weighted by Crippen LogP contribution is -2.30. The van der Waals surface area contributed by atoms with Crippen molar-refractivity contribution in [2.24, 2.45) is 0 Å². The summed E-state index contributed by atoms with van der Waals surface area (Å²) in [7, 11) is 2.16. The molecule has 1 aliphatic heterocycles. The van der Waals surface area contributed by atoms with E-state index in [9.17, 15) is 0 Å². The van der Waals surface area contributed by atoms with Crippen molar-refractivity contribution >= 4 is 11.0 Å². The smallest absolute Gasteiger partial charge is 0.213 e. The fourth-order valence-corrected chi connectivity index (χ4v) is 4.85. The van der Waals surface area contributed by atoms with Crippen molar-refractivity contribution in [3.05, 3.63) is 97.5 Å². The maximum atomic E-state index is 5.96. The summed E-state index contributed by atoms with van der Waals surface area (Å²) in [6.07, 6.45) is 6.22. The van der Waals surface area contributed by atoms with Gasteiger partial charge >= 0.3 is 0 Å². The van der Waals surface area contributed by atoms with Crippen molar-refractivity contribution in [1.82, 2.24) is 19.4 Å². The van der Waals surface area contributed by atoms with Gasteiger partial charge in [0.2, 0.25) is 5.88 Å². The average Bonchev–Trinajstić information content (AvgIpc) is 3.54. The Hall–Kier alpha value is -3.96. The number of fused-ring (bicyclic) bond motifs is 1. The van der Waals surface area contributed by atoms with E-state index in [-0.39, 0.29) is 0 Å². The molecule has 3 heterocycles. The minimum Gasteiger partial charge on any atom is -0.476 e. The number of hydrogen-bond donors (Lipinski definition) is 0. The van der Waals surface area contributed by atoms with Crippen molar-refractivity contribution in [1.29, 1.82) is 0 Å². The average molecular weight is 461 g/mol. The number of likely N-dealkylation sites (tertiary alicyclic amines) is 1. The minimum absolute atomic E-state index is 0.487. The predicted octanol–water partition coefficient (Wildman–Crippen LogP) is 6.23. The van der Waals surface area contributed by atoms with Gasteiger partial charge in [0.25, 0.3) is 0 Å². The van der Waals surface area contributed by atoms with Crippen LogP contribution in [0.5, 0.6) is 5.88 Å². The highest BCUT2D eigenvalue weighted by atomic mass is 16.5. The van der Waals surface area contributed by atoms with Crippen LogP contribution in [0.3, 0.4) is 0 Å². The highest BCUT2D eigenvalue weighted by molar-refractivity contribution is 5.83. The highest BCUT2D eigenvalue weighted by Gasteiger charge is 2.21. The molecule has 2 aromatic heterocycles. The summed E-state index contributed by atoms with van der Waals surface area (Å²) < 4.78 is 8.10. The van der Waals surface area contributed by atoms with Gasteiger partial charge in [-0.1, -0.05) is 48.5 Å². The van der Waals surface area contributed by atoms with Crippen LogP contribution in [0, 0.1) is 0 Å². The van der Waals surface area contributed by atoms with Gasteiger partial charge in [0.15, 0.2) is 0 Å².